The molecule has 80 valence electrons. The lowest BCUT2D eigenvalue weighted by atomic mass is 10.0. The lowest BCUT2D eigenvalue weighted by Gasteiger charge is -2.03. The van der Waals surface area contributed by atoms with E-state index in [0.29, 0.717) is 0 Å². The first-order valence-electron chi connectivity index (χ1n) is 5.51. The molecular formula is C13H18N2. The van der Waals surface area contributed by atoms with E-state index in [4.69, 9.17) is 5.73 Å². The van der Waals surface area contributed by atoms with E-state index in [9.17, 15) is 0 Å². The quantitative estimate of drug-likeness (QED) is 0.721. The maximum absolute atomic E-state index is 6.05. The summed E-state index contributed by atoms with van der Waals surface area (Å²) >= 11 is 0. The Bertz CT molecular complexity index is 495. The van der Waals surface area contributed by atoms with Crippen molar-refractivity contribution in [3.05, 3.63) is 29.0 Å². The van der Waals surface area contributed by atoms with E-state index in [0.717, 1.165) is 18.5 Å². The summed E-state index contributed by atoms with van der Waals surface area (Å²) in [5.74, 6) is 0. The topological polar surface area (TPSA) is 41.8 Å². The minimum absolute atomic E-state index is 0.892. The van der Waals surface area contributed by atoms with E-state index in [1.165, 1.54) is 27.7 Å². The molecule has 0 amide bonds. The lowest BCUT2D eigenvalue weighted by molar-refractivity contribution is 0.918. The highest BCUT2D eigenvalue weighted by Gasteiger charge is 2.11. The van der Waals surface area contributed by atoms with Crippen molar-refractivity contribution in [2.75, 3.05) is 5.73 Å². The molecule has 15 heavy (non-hydrogen) atoms. The van der Waals surface area contributed by atoms with Crippen LogP contribution in [0.3, 0.4) is 0 Å². The third-order valence-electron chi connectivity index (χ3n) is 3.01. The van der Waals surface area contributed by atoms with Gasteiger partial charge in [-0.2, -0.15) is 0 Å². The van der Waals surface area contributed by atoms with Crippen molar-refractivity contribution in [1.29, 1.82) is 0 Å². The normalized spacial score (nSPS) is 11.1. The first kappa shape index (κ1) is 10.1. The summed E-state index contributed by atoms with van der Waals surface area (Å²) in [6.45, 7) is 6.45. The van der Waals surface area contributed by atoms with Gasteiger partial charge in [0.2, 0.25) is 0 Å². The van der Waals surface area contributed by atoms with Crippen molar-refractivity contribution in [3.63, 3.8) is 0 Å². The van der Waals surface area contributed by atoms with Crippen molar-refractivity contribution < 1.29 is 0 Å². The number of hydrogen-bond acceptors (Lipinski definition) is 1. The molecule has 0 aliphatic rings. The van der Waals surface area contributed by atoms with Gasteiger partial charge in [0, 0.05) is 16.8 Å². The number of fused-ring (bicyclic) bond motifs is 1. The first-order valence-corrected chi connectivity index (χ1v) is 5.51. The number of nitrogens with two attached hydrogens (primary N) is 1. The number of nitrogens with one attached hydrogen (secondary N) is 1. The molecule has 0 fully saturated rings. The Morgan fingerprint density at radius 1 is 1.27 bits per heavy atom. The average Bonchev–Trinajstić information content (AvgIpc) is 2.53. The summed E-state index contributed by atoms with van der Waals surface area (Å²) in [7, 11) is 0. The number of anilines is 1. The van der Waals surface area contributed by atoms with Crippen molar-refractivity contribution in [3.8, 4) is 0 Å². The van der Waals surface area contributed by atoms with Crippen LogP contribution in [0.1, 0.15) is 30.2 Å². The van der Waals surface area contributed by atoms with E-state index < -0.39 is 0 Å². The van der Waals surface area contributed by atoms with Crippen LogP contribution in [0.4, 0.5) is 5.69 Å². The third-order valence-corrected chi connectivity index (χ3v) is 3.01. The first-order chi connectivity index (χ1) is 7.15. The Labute approximate surface area is 90.5 Å². The lowest BCUT2D eigenvalue weighted by Crippen LogP contribution is -1.90. The molecule has 0 atom stereocenters. The molecule has 1 heterocycles. The van der Waals surface area contributed by atoms with Crippen molar-refractivity contribution in [2.45, 2.75) is 33.6 Å². The van der Waals surface area contributed by atoms with Crippen LogP contribution >= 0.6 is 0 Å². The van der Waals surface area contributed by atoms with Gasteiger partial charge in [-0.3, -0.25) is 0 Å². The molecular weight excluding hydrogens is 184 g/mol. The average molecular weight is 202 g/mol. The van der Waals surface area contributed by atoms with Crippen molar-refractivity contribution in [1.82, 2.24) is 4.98 Å². The zero-order valence-corrected chi connectivity index (χ0v) is 9.65. The predicted molar refractivity (Wildman–Crippen MR) is 66.2 cm³/mol. The standard InChI is InChI=1S/C13H18N2/c1-4-5-10-9(3)15-13-8(2)6-7-11(14)12(10)13/h6-7,15H,4-5,14H2,1-3H3. The highest BCUT2D eigenvalue weighted by Crippen LogP contribution is 2.30. The molecule has 0 aliphatic heterocycles. The molecule has 2 rings (SSSR count). The second kappa shape index (κ2) is 3.61. The van der Waals surface area contributed by atoms with Crippen molar-refractivity contribution >= 4 is 16.6 Å². The number of aryl methyl sites for hydroxylation is 3. The zero-order chi connectivity index (χ0) is 11.0. The Morgan fingerprint density at radius 2 is 2.00 bits per heavy atom. The molecule has 1 aromatic carbocycles. The fourth-order valence-electron chi connectivity index (χ4n) is 2.22. The van der Waals surface area contributed by atoms with Gasteiger partial charge >= 0.3 is 0 Å². The van der Waals surface area contributed by atoms with E-state index >= 15 is 0 Å². The maximum atomic E-state index is 6.05. The number of aromatic amines is 1. The van der Waals surface area contributed by atoms with Crippen LogP contribution < -0.4 is 5.73 Å². The summed E-state index contributed by atoms with van der Waals surface area (Å²) in [6.07, 6.45) is 2.25. The van der Waals surface area contributed by atoms with Crippen molar-refractivity contribution in [2.24, 2.45) is 0 Å². The number of aromatic nitrogens is 1. The summed E-state index contributed by atoms with van der Waals surface area (Å²) < 4.78 is 0. The van der Waals surface area contributed by atoms with E-state index in [1.807, 2.05) is 6.07 Å². The van der Waals surface area contributed by atoms with Crippen LogP contribution in [0, 0.1) is 13.8 Å². The molecule has 1 aromatic heterocycles. The Kier molecular flexibility index (Phi) is 2.43. The minimum Gasteiger partial charge on any atom is -0.398 e. The van der Waals surface area contributed by atoms with Crippen LogP contribution in [-0.2, 0) is 6.42 Å². The van der Waals surface area contributed by atoms with Crippen LogP contribution in [0.15, 0.2) is 12.1 Å². The molecule has 0 radical (unpaired) electrons. The molecule has 0 spiro atoms. The summed E-state index contributed by atoms with van der Waals surface area (Å²) in [5, 5.41) is 1.23. The smallest absolute Gasteiger partial charge is 0.0509 e. The number of rotatable bonds is 2. The van der Waals surface area contributed by atoms with Crippen LogP contribution in [0.5, 0.6) is 0 Å². The number of nitrogen functional groups attached to an aromatic ring is 1. The van der Waals surface area contributed by atoms with Crippen LogP contribution in [-0.4, -0.2) is 4.98 Å². The second-order valence-corrected chi connectivity index (χ2v) is 4.20. The highest BCUT2D eigenvalue weighted by atomic mass is 14.7. The number of benzene rings is 1. The van der Waals surface area contributed by atoms with E-state index in [2.05, 4.69) is 31.8 Å². The van der Waals surface area contributed by atoms with Gasteiger partial charge in [-0.05, 0) is 37.5 Å². The predicted octanol–water partition coefficient (Wildman–Crippen LogP) is 3.32. The molecule has 0 saturated heterocycles. The molecule has 2 nitrogen and oxygen atoms in total. The minimum atomic E-state index is 0.892. The second-order valence-electron chi connectivity index (χ2n) is 4.20. The van der Waals surface area contributed by atoms with Gasteiger partial charge < -0.3 is 10.7 Å². The van der Waals surface area contributed by atoms with Gasteiger partial charge in [-0.15, -0.1) is 0 Å². The Balaban J connectivity index is 2.79. The molecule has 0 unspecified atom stereocenters. The molecule has 2 aromatic rings. The van der Waals surface area contributed by atoms with Gasteiger partial charge in [0.05, 0.1) is 5.52 Å². The molecule has 0 bridgehead atoms. The molecule has 0 saturated carbocycles. The largest absolute Gasteiger partial charge is 0.398 e. The summed E-state index contributed by atoms with van der Waals surface area (Å²) in [4.78, 5) is 3.44. The number of hydrogen-bond donors (Lipinski definition) is 2. The van der Waals surface area contributed by atoms with Gasteiger partial charge in [0.25, 0.3) is 0 Å². The fourth-order valence-corrected chi connectivity index (χ4v) is 2.22. The zero-order valence-electron chi connectivity index (χ0n) is 9.65. The monoisotopic (exact) mass is 202 g/mol. The van der Waals surface area contributed by atoms with E-state index in [-0.39, 0.29) is 0 Å². The third kappa shape index (κ3) is 1.50. The van der Waals surface area contributed by atoms with Gasteiger partial charge in [0.15, 0.2) is 0 Å². The Morgan fingerprint density at radius 3 is 2.67 bits per heavy atom. The summed E-state index contributed by atoms with van der Waals surface area (Å²) in [5.41, 5.74) is 12.1. The van der Waals surface area contributed by atoms with Gasteiger partial charge in [-0.25, -0.2) is 0 Å². The van der Waals surface area contributed by atoms with Crippen LogP contribution in [0.25, 0.3) is 10.9 Å². The van der Waals surface area contributed by atoms with Gasteiger partial charge in [0.1, 0.15) is 0 Å². The molecule has 0 aliphatic carbocycles. The highest BCUT2D eigenvalue weighted by molar-refractivity contribution is 5.96. The number of H-pyrrole nitrogens is 1. The SMILES string of the molecule is CCCc1c(C)[nH]c2c(C)ccc(N)c12. The maximum Gasteiger partial charge on any atom is 0.0509 e. The Hall–Kier alpha value is -1.44. The molecule has 2 heteroatoms. The fraction of sp³-hybridized carbons (Fsp3) is 0.385. The molecule has 3 N–H and O–H groups in total. The van der Waals surface area contributed by atoms with E-state index in [1.54, 1.807) is 0 Å². The van der Waals surface area contributed by atoms with Crippen LogP contribution in [0.2, 0.25) is 0 Å². The van der Waals surface area contributed by atoms with Gasteiger partial charge in [-0.1, -0.05) is 19.4 Å². The summed E-state index contributed by atoms with van der Waals surface area (Å²) in [6, 6.07) is 4.08.